The molecule has 0 aromatic heterocycles. The summed E-state index contributed by atoms with van der Waals surface area (Å²) in [6.07, 6.45) is 6.21. The molecule has 2 heteroatoms. The Bertz CT molecular complexity index is 681. The fourth-order valence-corrected chi connectivity index (χ4v) is 3.75. The summed E-state index contributed by atoms with van der Waals surface area (Å²) in [5.74, 6) is 1.05. The normalized spacial score (nSPS) is 20.7. The Labute approximate surface area is 118 Å². The number of fused-ring (bicyclic) bond motifs is 3. The molecule has 2 nitrogen and oxygen atoms in total. The number of benzene rings is 2. The first-order chi connectivity index (χ1) is 9.77. The van der Waals surface area contributed by atoms with E-state index in [1.165, 1.54) is 19.3 Å². The van der Waals surface area contributed by atoms with Crippen LogP contribution in [0.15, 0.2) is 36.4 Å². The van der Waals surface area contributed by atoms with Gasteiger partial charge in [-0.3, -0.25) is 4.79 Å². The van der Waals surface area contributed by atoms with Gasteiger partial charge in [-0.15, -0.1) is 0 Å². The summed E-state index contributed by atoms with van der Waals surface area (Å²) in [5.41, 5.74) is 0.574. The lowest BCUT2D eigenvalue weighted by atomic mass is 9.78. The van der Waals surface area contributed by atoms with Gasteiger partial charge in [-0.2, -0.15) is 0 Å². The number of ether oxygens (including phenoxy) is 1. The Morgan fingerprint density at radius 1 is 0.950 bits per heavy atom. The van der Waals surface area contributed by atoms with E-state index >= 15 is 0 Å². The minimum absolute atomic E-state index is 0.217. The van der Waals surface area contributed by atoms with E-state index in [-0.39, 0.29) is 11.4 Å². The monoisotopic (exact) mass is 266 g/mol. The van der Waals surface area contributed by atoms with Gasteiger partial charge >= 0.3 is 0 Å². The highest BCUT2D eigenvalue weighted by atomic mass is 16.5. The molecule has 0 N–H and O–H groups in total. The van der Waals surface area contributed by atoms with Gasteiger partial charge in [0, 0.05) is 0 Å². The highest BCUT2D eigenvalue weighted by molar-refractivity contribution is 6.11. The summed E-state index contributed by atoms with van der Waals surface area (Å²) < 4.78 is 6.32. The lowest BCUT2D eigenvalue weighted by Crippen LogP contribution is -2.43. The zero-order valence-electron chi connectivity index (χ0n) is 11.5. The first kappa shape index (κ1) is 12.0. The SMILES string of the molecule is O=C1CC2(CCCCC2)Oc2ccc3ccccc3c21. The second kappa shape index (κ2) is 4.34. The molecule has 0 amide bonds. The van der Waals surface area contributed by atoms with Crippen molar-refractivity contribution in [3.05, 3.63) is 42.0 Å². The van der Waals surface area contributed by atoms with Gasteiger partial charge in [-0.05, 0) is 42.5 Å². The zero-order chi connectivity index (χ0) is 13.6. The second-order valence-corrected chi connectivity index (χ2v) is 6.11. The maximum Gasteiger partial charge on any atom is 0.171 e. The standard InChI is InChI=1S/C18H18O2/c19-15-12-18(10-4-1-5-11-18)20-16-9-8-13-6-2-3-7-14(13)17(15)16/h2-3,6-9H,1,4-5,10-12H2. The van der Waals surface area contributed by atoms with E-state index in [4.69, 9.17) is 4.74 Å². The van der Waals surface area contributed by atoms with Crippen LogP contribution in [0.3, 0.4) is 0 Å². The molecule has 1 spiro atoms. The molecule has 102 valence electrons. The predicted octanol–water partition coefficient (Wildman–Crippen LogP) is 4.51. The average molecular weight is 266 g/mol. The van der Waals surface area contributed by atoms with E-state index in [0.29, 0.717) is 6.42 Å². The molecule has 1 heterocycles. The van der Waals surface area contributed by atoms with Gasteiger partial charge in [0.25, 0.3) is 0 Å². The molecule has 1 aliphatic heterocycles. The van der Waals surface area contributed by atoms with E-state index in [1.807, 2.05) is 30.3 Å². The van der Waals surface area contributed by atoms with E-state index in [2.05, 4.69) is 6.07 Å². The maximum absolute atomic E-state index is 12.7. The lowest BCUT2D eigenvalue weighted by Gasteiger charge is -2.40. The van der Waals surface area contributed by atoms with E-state index < -0.39 is 0 Å². The van der Waals surface area contributed by atoms with Gasteiger partial charge < -0.3 is 4.74 Å². The van der Waals surface area contributed by atoms with Gasteiger partial charge in [0.15, 0.2) is 5.78 Å². The van der Waals surface area contributed by atoms with Crippen molar-refractivity contribution in [1.29, 1.82) is 0 Å². The van der Waals surface area contributed by atoms with Crippen LogP contribution in [0.4, 0.5) is 0 Å². The molecule has 0 unspecified atom stereocenters. The van der Waals surface area contributed by atoms with Crippen LogP contribution in [-0.2, 0) is 0 Å². The van der Waals surface area contributed by atoms with Crippen LogP contribution in [0.25, 0.3) is 10.8 Å². The number of ketones is 1. The predicted molar refractivity (Wildman–Crippen MR) is 79.3 cm³/mol. The summed E-state index contributed by atoms with van der Waals surface area (Å²) >= 11 is 0. The van der Waals surface area contributed by atoms with Crippen LogP contribution in [0.5, 0.6) is 5.75 Å². The van der Waals surface area contributed by atoms with Crippen molar-refractivity contribution < 1.29 is 9.53 Å². The molecule has 2 aromatic rings. The summed E-state index contributed by atoms with van der Waals surface area (Å²) in [6.45, 7) is 0. The van der Waals surface area contributed by atoms with Gasteiger partial charge in [-0.25, -0.2) is 0 Å². The first-order valence-electron chi connectivity index (χ1n) is 7.51. The molecule has 1 aliphatic carbocycles. The third-order valence-corrected chi connectivity index (χ3v) is 4.74. The number of Topliss-reactive ketones (excluding diaryl/α,β-unsaturated/α-hetero) is 1. The van der Waals surface area contributed by atoms with Crippen molar-refractivity contribution in [3.8, 4) is 5.75 Å². The molecular formula is C18H18O2. The smallest absolute Gasteiger partial charge is 0.171 e. The van der Waals surface area contributed by atoms with Crippen molar-refractivity contribution in [3.63, 3.8) is 0 Å². The van der Waals surface area contributed by atoms with Gasteiger partial charge in [0.2, 0.25) is 0 Å². The summed E-state index contributed by atoms with van der Waals surface area (Å²) in [6, 6.07) is 12.1. The second-order valence-electron chi connectivity index (χ2n) is 6.11. The zero-order valence-corrected chi connectivity index (χ0v) is 11.5. The lowest BCUT2D eigenvalue weighted by molar-refractivity contribution is 0.0139. The Kier molecular flexibility index (Phi) is 2.59. The van der Waals surface area contributed by atoms with Gasteiger partial charge in [-0.1, -0.05) is 36.8 Å². The van der Waals surface area contributed by atoms with Gasteiger partial charge in [0.1, 0.15) is 11.4 Å². The first-order valence-corrected chi connectivity index (χ1v) is 7.51. The van der Waals surface area contributed by atoms with Crippen molar-refractivity contribution in [2.75, 3.05) is 0 Å². The van der Waals surface area contributed by atoms with Crippen LogP contribution in [-0.4, -0.2) is 11.4 Å². The molecule has 1 saturated carbocycles. The van der Waals surface area contributed by atoms with Crippen molar-refractivity contribution >= 4 is 16.6 Å². The number of rotatable bonds is 0. The van der Waals surface area contributed by atoms with Crippen molar-refractivity contribution in [2.24, 2.45) is 0 Å². The molecule has 4 rings (SSSR count). The fraction of sp³-hybridized carbons (Fsp3) is 0.389. The quantitative estimate of drug-likeness (QED) is 0.701. The van der Waals surface area contributed by atoms with Crippen LogP contribution in [0, 0.1) is 0 Å². The van der Waals surface area contributed by atoms with Crippen molar-refractivity contribution in [1.82, 2.24) is 0 Å². The molecule has 2 aliphatic rings. The minimum atomic E-state index is -0.217. The summed E-state index contributed by atoms with van der Waals surface area (Å²) in [5, 5.41) is 2.14. The van der Waals surface area contributed by atoms with E-state index in [9.17, 15) is 4.79 Å². The van der Waals surface area contributed by atoms with Crippen LogP contribution in [0.2, 0.25) is 0 Å². The van der Waals surface area contributed by atoms with Gasteiger partial charge in [0.05, 0.1) is 12.0 Å². The Balaban J connectivity index is 1.85. The molecule has 20 heavy (non-hydrogen) atoms. The number of hydrogen-bond acceptors (Lipinski definition) is 2. The molecular weight excluding hydrogens is 248 g/mol. The van der Waals surface area contributed by atoms with Crippen molar-refractivity contribution in [2.45, 2.75) is 44.1 Å². The largest absolute Gasteiger partial charge is 0.486 e. The van der Waals surface area contributed by atoms with Crippen LogP contribution < -0.4 is 4.74 Å². The Morgan fingerprint density at radius 3 is 2.60 bits per heavy atom. The molecule has 0 radical (unpaired) electrons. The molecule has 0 saturated heterocycles. The fourth-order valence-electron chi connectivity index (χ4n) is 3.75. The maximum atomic E-state index is 12.7. The topological polar surface area (TPSA) is 26.3 Å². The summed E-state index contributed by atoms with van der Waals surface area (Å²) in [4.78, 5) is 12.7. The highest BCUT2D eigenvalue weighted by Crippen LogP contribution is 2.43. The number of carbonyl (C=O) groups excluding carboxylic acids is 1. The number of carbonyl (C=O) groups is 1. The third kappa shape index (κ3) is 1.75. The summed E-state index contributed by atoms with van der Waals surface area (Å²) in [7, 11) is 0. The van der Waals surface area contributed by atoms with Crippen LogP contribution >= 0.6 is 0 Å². The third-order valence-electron chi connectivity index (χ3n) is 4.74. The minimum Gasteiger partial charge on any atom is -0.486 e. The van der Waals surface area contributed by atoms with E-state index in [0.717, 1.165) is 34.9 Å². The van der Waals surface area contributed by atoms with E-state index in [1.54, 1.807) is 0 Å². The molecule has 1 fully saturated rings. The molecule has 0 atom stereocenters. The highest BCUT2D eigenvalue weighted by Gasteiger charge is 2.41. The van der Waals surface area contributed by atoms with Crippen LogP contribution in [0.1, 0.15) is 48.9 Å². The molecule has 0 bridgehead atoms. The Morgan fingerprint density at radius 2 is 1.75 bits per heavy atom. The Hall–Kier alpha value is -1.83. The molecule has 2 aromatic carbocycles. The number of hydrogen-bond donors (Lipinski definition) is 0. The average Bonchev–Trinajstić information content (AvgIpc) is 2.47.